The van der Waals surface area contributed by atoms with E-state index in [2.05, 4.69) is 29.2 Å². The van der Waals surface area contributed by atoms with E-state index >= 15 is 0 Å². The molecule has 1 atom stereocenters. The predicted molar refractivity (Wildman–Crippen MR) is 110 cm³/mol. The maximum absolute atomic E-state index is 12.6. The molecular weight excluding hydrogens is 360 g/mol. The van der Waals surface area contributed by atoms with E-state index in [0.717, 1.165) is 32.7 Å². The Balaban J connectivity index is 1.43. The van der Waals surface area contributed by atoms with Gasteiger partial charge in [-0.2, -0.15) is 0 Å². The summed E-state index contributed by atoms with van der Waals surface area (Å²) in [7, 11) is 0. The zero-order valence-electron chi connectivity index (χ0n) is 15.6. The molecule has 1 heterocycles. The molecule has 1 amide bonds. The molecule has 1 aliphatic rings. The van der Waals surface area contributed by atoms with E-state index in [0.29, 0.717) is 10.8 Å². The number of benzene rings is 2. The normalized spacial score (nSPS) is 16.4. The fourth-order valence-corrected chi connectivity index (χ4v) is 3.20. The number of rotatable bonds is 6. The Morgan fingerprint density at radius 3 is 2.41 bits per heavy atom. The van der Waals surface area contributed by atoms with E-state index in [1.54, 1.807) is 31.2 Å². The van der Waals surface area contributed by atoms with E-state index in [1.807, 2.05) is 23.1 Å². The van der Waals surface area contributed by atoms with Crippen molar-refractivity contribution in [3.63, 3.8) is 0 Å². The van der Waals surface area contributed by atoms with Crippen LogP contribution in [-0.2, 0) is 4.79 Å². The number of hydrogen-bond donors (Lipinski definition) is 0. The van der Waals surface area contributed by atoms with Gasteiger partial charge in [-0.15, -0.1) is 0 Å². The standard InChI is InChI=1S/C22H25ClN2O2/c1-18(27-21-11-9-20(23)10-12-21)22(26)25-16-14-24(15-17-25)13-5-8-19-6-3-2-4-7-19/h2-12,18H,13-17H2,1H3/b8-5+/t18-/m1/s1. The topological polar surface area (TPSA) is 32.8 Å². The molecule has 3 rings (SSSR count). The zero-order chi connectivity index (χ0) is 19.1. The van der Waals surface area contributed by atoms with Gasteiger partial charge in [-0.3, -0.25) is 9.69 Å². The lowest BCUT2D eigenvalue weighted by Gasteiger charge is -2.35. The van der Waals surface area contributed by atoms with E-state index in [9.17, 15) is 4.79 Å². The molecule has 0 spiro atoms. The third-order valence-corrected chi connectivity index (χ3v) is 4.88. The maximum Gasteiger partial charge on any atom is 0.263 e. The Bertz CT molecular complexity index is 754. The molecule has 1 aliphatic heterocycles. The SMILES string of the molecule is C[C@@H](Oc1ccc(Cl)cc1)C(=O)N1CCN(C/C=C/c2ccccc2)CC1. The Morgan fingerprint density at radius 1 is 1.07 bits per heavy atom. The molecule has 27 heavy (non-hydrogen) atoms. The van der Waals surface area contributed by atoms with E-state index in [4.69, 9.17) is 16.3 Å². The first-order chi connectivity index (χ1) is 13.1. The van der Waals surface area contributed by atoms with Crippen LogP contribution in [0.5, 0.6) is 5.75 Å². The molecule has 0 N–H and O–H groups in total. The summed E-state index contributed by atoms with van der Waals surface area (Å²) in [6, 6.07) is 17.4. The van der Waals surface area contributed by atoms with Gasteiger partial charge in [0, 0.05) is 37.7 Å². The molecule has 0 aromatic heterocycles. The monoisotopic (exact) mass is 384 g/mol. The van der Waals surface area contributed by atoms with Crippen molar-refractivity contribution in [2.75, 3.05) is 32.7 Å². The van der Waals surface area contributed by atoms with Crippen LogP contribution in [0.4, 0.5) is 0 Å². The van der Waals surface area contributed by atoms with Crippen LogP contribution in [0.3, 0.4) is 0 Å². The smallest absolute Gasteiger partial charge is 0.263 e. The van der Waals surface area contributed by atoms with Gasteiger partial charge in [0.25, 0.3) is 5.91 Å². The molecule has 0 saturated carbocycles. The van der Waals surface area contributed by atoms with Crippen LogP contribution in [0.25, 0.3) is 6.08 Å². The van der Waals surface area contributed by atoms with Crippen molar-refractivity contribution in [2.45, 2.75) is 13.0 Å². The quantitative estimate of drug-likeness (QED) is 0.755. The van der Waals surface area contributed by atoms with Gasteiger partial charge in [-0.05, 0) is 36.8 Å². The Morgan fingerprint density at radius 2 is 1.74 bits per heavy atom. The Kier molecular flexibility index (Phi) is 6.91. The molecule has 2 aromatic carbocycles. The van der Waals surface area contributed by atoms with Crippen molar-refractivity contribution in [1.82, 2.24) is 9.80 Å². The summed E-state index contributed by atoms with van der Waals surface area (Å²) >= 11 is 5.88. The van der Waals surface area contributed by atoms with Crippen LogP contribution < -0.4 is 4.74 Å². The van der Waals surface area contributed by atoms with Crippen LogP contribution in [-0.4, -0.2) is 54.5 Å². The van der Waals surface area contributed by atoms with E-state index in [1.165, 1.54) is 5.56 Å². The second-order valence-electron chi connectivity index (χ2n) is 6.65. The first kappa shape index (κ1) is 19.5. The summed E-state index contributed by atoms with van der Waals surface area (Å²) in [6.45, 7) is 5.90. The minimum absolute atomic E-state index is 0.0319. The average molecular weight is 385 g/mol. The number of piperazine rings is 1. The van der Waals surface area contributed by atoms with Gasteiger partial charge in [0.05, 0.1) is 0 Å². The highest BCUT2D eigenvalue weighted by atomic mass is 35.5. The van der Waals surface area contributed by atoms with Gasteiger partial charge in [-0.1, -0.05) is 54.1 Å². The van der Waals surface area contributed by atoms with Crippen LogP contribution in [0.2, 0.25) is 5.02 Å². The lowest BCUT2D eigenvalue weighted by Crippen LogP contribution is -2.51. The van der Waals surface area contributed by atoms with Crippen LogP contribution >= 0.6 is 11.6 Å². The summed E-state index contributed by atoms with van der Waals surface area (Å²) in [4.78, 5) is 16.9. The number of halogens is 1. The molecule has 0 unspecified atom stereocenters. The molecule has 4 nitrogen and oxygen atoms in total. The zero-order valence-corrected chi connectivity index (χ0v) is 16.3. The van der Waals surface area contributed by atoms with Crippen LogP contribution in [0, 0.1) is 0 Å². The number of carbonyl (C=O) groups is 1. The average Bonchev–Trinajstić information content (AvgIpc) is 2.70. The molecule has 142 valence electrons. The highest BCUT2D eigenvalue weighted by Gasteiger charge is 2.25. The molecule has 1 fully saturated rings. The number of amides is 1. The lowest BCUT2D eigenvalue weighted by molar-refractivity contribution is -0.139. The van der Waals surface area contributed by atoms with Crippen LogP contribution in [0.15, 0.2) is 60.7 Å². The summed E-state index contributed by atoms with van der Waals surface area (Å²) in [5.41, 5.74) is 1.21. The van der Waals surface area contributed by atoms with Crippen molar-refractivity contribution < 1.29 is 9.53 Å². The number of hydrogen-bond acceptors (Lipinski definition) is 3. The summed E-state index contributed by atoms with van der Waals surface area (Å²) in [5.74, 6) is 0.689. The fourth-order valence-electron chi connectivity index (χ4n) is 3.08. The van der Waals surface area contributed by atoms with Crippen molar-refractivity contribution >= 4 is 23.6 Å². The van der Waals surface area contributed by atoms with Gasteiger partial charge in [0.1, 0.15) is 5.75 Å². The number of nitrogens with zero attached hydrogens (tertiary/aromatic N) is 2. The van der Waals surface area contributed by atoms with Crippen molar-refractivity contribution in [3.05, 3.63) is 71.3 Å². The Labute approximate surface area is 166 Å². The third-order valence-electron chi connectivity index (χ3n) is 4.63. The first-order valence-electron chi connectivity index (χ1n) is 9.27. The van der Waals surface area contributed by atoms with Gasteiger partial charge in [0.15, 0.2) is 6.10 Å². The summed E-state index contributed by atoms with van der Waals surface area (Å²) in [5, 5.41) is 0.652. The van der Waals surface area contributed by atoms with Crippen molar-refractivity contribution in [2.24, 2.45) is 0 Å². The maximum atomic E-state index is 12.6. The minimum Gasteiger partial charge on any atom is -0.481 e. The van der Waals surface area contributed by atoms with E-state index in [-0.39, 0.29) is 5.91 Å². The molecule has 0 bridgehead atoms. The predicted octanol–water partition coefficient (Wildman–Crippen LogP) is 3.96. The van der Waals surface area contributed by atoms with E-state index < -0.39 is 6.10 Å². The molecule has 0 aliphatic carbocycles. The Hall–Kier alpha value is -2.30. The number of carbonyl (C=O) groups excluding carboxylic acids is 1. The second-order valence-corrected chi connectivity index (χ2v) is 7.09. The molecule has 1 saturated heterocycles. The largest absolute Gasteiger partial charge is 0.481 e. The molecule has 5 heteroatoms. The molecule has 2 aromatic rings. The molecule has 0 radical (unpaired) electrons. The van der Waals surface area contributed by atoms with Gasteiger partial charge in [-0.25, -0.2) is 0 Å². The highest BCUT2D eigenvalue weighted by molar-refractivity contribution is 6.30. The first-order valence-corrected chi connectivity index (χ1v) is 9.64. The minimum atomic E-state index is -0.504. The van der Waals surface area contributed by atoms with Gasteiger partial charge in [0.2, 0.25) is 0 Å². The fraction of sp³-hybridized carbons (Fsp3) is 0.318. The van der Waals surface area contributed by atoms with Crippen molar-refractivity contribution in [1.29, 1.82) is 0 Å². The lowest BCUT2D eigenvalue weighted by atomic mass is 10.2. The molecular formula is C22H25ClN2O2. The second kappa shape index (κ2) is 9.58. The summed E-state index contributed by atoms with van der Waals surface area (Å²) in [6.07, 6.45) is 3.81. The van der Waals surface area contributed by atoms with Gasteiger partial charge < -0.3 is 9.64 Å². The third kappa shape index (κ3) is 5.84. The number of ether oxygens (including phenoxy) is 1. The van der Waals surface area contributed by atoms with Gasteiger partial charge >= 0.3 is 0 Å². The highest BCUT2D eigenvalue weighted by Crippen LogP contribution is 2.17. The summed E-state index contributed by atoms with van der Waals surface area (Å²) < 4.78 is 5.75. The van der Waals surface area contributed by atoms with Crippen molar-refractivity contribution in [3.8, 4) is 5.75 Å². The van der Waals surface area contributed by atoms with Crippen LogP contribution in [0.1, 0.15) is 12.5 Å².